The molecule has 0 spiro atoms. The normalized spacial score (nSPS) is 17.0. The summed E-state index contributed by atoms with van der Waals surface area (Å²) in [5.74, 6) is 0.488. The Balaban J connectivity index is 1.48. The van der Waals surface area contributed by atoms with Gasteiger partial charge in [-0.1, -0.05) is 18.2 Å². The first-order valence-electron chi connectivity index (χ1n) is 7.67. The second kappa shape index (κ2) is 7.10. The van der Waals surface area contributed by atoms with Gasteiger partial charge in [0.15, 0.2) is 0 Å². The molecular weight excluding hydrogens is 332 g/mol. The lowest BCUT2D eigenvalue weighted by Gasteiger charge is -2.14. The van der Waals surface area contributed by atoms with Crippen molar-refractivity contribution in [3.8, 4) is 11.5 Å². The summed E-state index contributed by atoms with van der Waals surface area (Å²) in [7, 11) is -3.13. The van der Waals surface area contributed by atoms with E-state index in [9.17, 15) is 13.2 Å². The van der Waals surface area contributed by atoms with E-state index in [1.807, 2.05) is 30.3 Å². The zero-order chi connectivity index (χ0) is 17.0. The van der Waals surface area contributed by atoms with Crippen molar-refractivity contribution in [1.29, 1.82) is 0 Å². The van der Waals surface area contributed by atoms with Gasteiger partial charge < -0.3 is 9.73 Å². The lowest BCUT2D eigenvalue weighted by molar-refractivity contribution is -0.120. The number of nitrogens with zero attached hydrogens (tertiary/aromatic N) is 3. The molecule has 1 saturated heterocycles. The first-order chi connectivity index (χ1) is 11.5. The number of aromatic nitrogens is 2. The second-order valence-corrected chi connectivity index (χ2v) is 7.55. The number of amides is 1. The summed E-state index contributed by atoms with van der Waals surface area (Å²) in [5, 5.41) is 10.4. The van der Waals surface area contributed by atoms with Crippen LogP contribution in [-0.4, -0.2) is 54.2 Å². The largest absolute Gasteiger partial charge is 0.420 e. The van der Waals surface area contributed by atoms with E-state index in [2.05, 4.69) is 15.5 Å². The first kappa shape index (κ1) is 16.6. The molecule has 1 aromatic heterocycles. The predicted molar refractivity (Wildman–Crippen MR) is 86.4 cm³/mol. The maximum absolute atomic E-state index is 11.9. The van der Waals surface area contributed by atoms with E-state index in [1.54, 1.807) is 0 Å². The molecule has 2 aromatic rings. The molecule has 0 atom stereocenters. The Morgan fingerprint density at radius 1 is 1.25 bits per heavy atom. The van der Waals surface area contributed by atoms with Crippen molar-refractivity contribution in [3.05, 3.63) is 36.2 Å². The van der Waals surface area contributed by atoms with Gasteiger partial charge in [0, 0.05) is 25.2 Å². The molecule has 0 unspecified atom stereocenters. The van der Waals surface area contributed by atoms with Crippen molar-refractivity contribution >= 4 is 15.9 Å². The molecule has 0 bridgehead atoms. The van der Waals surface area contributed by atoms with E-state index in [0.29, 0.717) is 18.9 Å². The summed E-state index contributed by atoms with van der Waals surface area (Å²) in [5.41, 5.74) is 0.788. The average Bonchev–Trinajstić information content (AvgIpc) is 3.15. The molecule has 8 nitrogen and oxygen atoms in total. The van der Waals surface area contributed by atoms with E-state index < -0.39 is 10.0 Å². The van der Waals surface area contributed by atoms with Crippen LogP contribution in [0.15, 0.2) is 34.7 Å². The third-order valence-electron chi connectivity index (χ3n) is 3.69. The minimum absolute atomic E-state index is 0.0351. The molecule has 3 rings (SSSR count). The van der Waals surface area contributed by atoms with Crippen LogP contribution in [0.25, 0.3) is 11.5 Å². The zero-order valence-electron chi connectivity index (χ0n) is 13.0. The highest BCUT2D eigenvalue weighted by atomic mass is 32.2. The van der Waals surface area contributed by atoms with Crippen molar-refractivity contribution in [1.82, 2.24) is 19.8 Å². The fourth-order valence-corrected chi connectivity index (χ4v) is 4.01. The maximum Gasteiger partial charge on any atom is 0.247 e. The average molecular weight is 350 g/mol. The van der Waals surface area contributed by atoms with E-state index in [-0.39, 0.29) is 37.1 Å². The summed E-state index contributed by atoms with van der Waals surface area (Å²) in [6.45, 7) is 1.06. The molecule has 1 fully saturated rings. The van der Waals surface area contributed by atoms with Gasteiger partial charge in [0.2, 0.25) is 27.7 Å². The second-order valence-electron chi connectivity index (χ2n) is 5.46. The molecule has 0 aliphatic carbocycles. The molecule has 1 amide bonds. The van der Waals surface area contributed by atoms with Crippen molar-refractivity contribution in [3.63, 3.8) is 0 Å². The quantitative estimate of drug-likeness (QED) is 0.810. The van der Waals surface area contributed by atoms with Gasteiger partial charge in [-0.25, -0.2) is 12.7 Å². The topological polar surface area (TPSA) is 105 Å². The first-order valence-corrected chi connectivity index (χ1v) is 9.28. The molecule has 2 heterocycles. The van der Waals surface area contributed by atoms with Crippen molar-refractivity contribution < 1.29 is 17.6 Å². The Kier molecular flexibility index (Phi) is 4.91. The minimum atomic E-state index is -3.13. The minimum Gasteiger partial charge on any atom is -0.420 e. The van der Waals surface area contributed by atoms with Gasteiger partial charge in [-0.2, -0.15) is 0 Å². The number of hydrogen-bond acceptors (Lipinski definition) is 6. The molecule has 0 radical (unpaired) electrons. The van der Waals surface area contributed by atoms with Crippen LogP contribution in [0, 0.1) is 0 Å². The molecule has 1 aliphatic rings. The number of nitrogens with one attached hydrogen (secondary N) is 1. The van der Waals surface area contributed by atoms with Crippen LogP contribution < -0.4 is 5.32 Å². The Bertz CT molecular complexity index is 804. The SMILES string of the molecule is O=C(Cc1nnc(-c2ccccc2)o1)NCCN1CCCS1(=O)=O. The van der Waals surface area contributed by atoms with Crippen LogP contribution in [-0.2, 0) is 21.2 Å². The van der Waals surface area contributed by atoms with Crippen LogP contribution in [0.4, 0.5) is 0 Å². The summed E-state index contributed by atoms with van der Waals surface area (Å²) >= 11 is 0. The van der Waals surface area contributed by atoms with Gasteiger partial charge in [0.25, 0.3) is 0 Å². The van der Waals surface area contributed by atoms with Crippen molar-refractivity contribution in [2.45, 2.75) is 12.8 Å². The number of benzene rings is 1. The Morgan fingerprint density at radius 2 is 2.04 bits per heavy atom. The highest BCUT2D eigenvalue weighted by molar-refractivity contribution is 7.89. The lowest BCUT2D eigenvalue weighted by Crippen LogP contribution is -2.36. The van der Waals surface area contributed by atoms with E-state index in [0.717, 1.165) is 5.56 Å². The fourth-order valence-electron chi connectivity index (χ4n) is 2.48. The van der Waals surface area contributed by atoms with Crippen molar-refractivity contribution in [2.24, 2.45) is 0 Å². The van der Waals surface area contributed by atoms with Crippen LogP contribution >= 0.6 is 0 Å². The van der Waals surface area contributed by atoms with Crippen LogP contribution in [0.3, 0.4) is 0 Å². The summed E-state index contributed by atoms with van der Waals surface area (Å²) in [6, 6.07) is 9.28. The van der Waals surface area contributed by atoms with Gasteiger partial charge in [-0.05, 0) is 18.6 Å². The molecule has 24 heavy (non-hydrogen) atoms. The monoisotopic (exact) mass is 350 g/mol. The molecule has 1 aliphatic heterocycles. The Morgan fingerprint density at radius 3 is 2.75 bits per heavy atom. The third-order valence-corrected chi connectivity index (χ3v) is 5.64. The van der Waals surface area contributed by atoms with Crippen LogP contribution in [0.1, 0.15) is 12.3 Å². The molecule has 1 aromatic carbocycles. The fraction of sp³-hybridized carbons (Fsp3) is 0.400. The molecule has 1 N–H and O–H groups in total. The predicted octanol–water partition coefficient (Wildman–Crippen LogP) is 0.431. The van der Waals surface area contributed by atoms with Crippen LogP contribution in [0.2, 0.25) is 0 Å². The number of hydrogen-bond donors (Lipinski definition) is 1. The van der Waals surface area contributed by atoms with E-state index in [4.69, 9.17) is 4.42 Å². The van der Waals surface area contributed by atoms with Gasteiger partial charge in [0.05, 0.1) is 5.75 Å². The van der Waals surface area contributed by atoms with Gasteiger partial charge in [-0.3, -0.25) is 4.79 Å². The Labute approximate surface area is 139 Å². The summed E-state index contributed by atoms with van der Waals surface area (Å²) < 4.78 is 30.2. The highest BCUT2D eigenvalue weighted by Gasteiger charge is 2.27. The van der Waals surface area contributed by atoms with Crippen molar-refractivity contribution in [2.75, 3.05) is 25.4 Å². The van der Waals surface area contributed by atoms with E-state index >= 15 is 0 Å². The maximum atomic E-state index is 11.9. The summed E-state index contributed by atoms with van der Waals surface area (Å²) in [6.07, 6.45) is 0.604. The zero-order valence-corrected chi connectivity index (χ0v) is 13.8. The van der Waals surface area contributed by atoms with Crippen LogP contribution in [0.5, 0.6) is 0 Å². The molecule has 128 valence electrons. The number of carbonyl (C=O) groups is 1. The number of carbonyl (C=O) groups excluding carboxylic acids is 1. The molecule has 0 saturated carbocycles. The van der Waals surface area contributed by atoms with Gasteiger partial charge >= 0.3 is 0 Å². The number of rotatable bonds is 6. The molecule has 9 heteroatoms. The smallest absolute Gasteiger partial charge is 0.247 e. The standard InChI is InChI=1S/C15H18N4O4S/c20-13(16-7-9-19-8-4-10-24(19,21)22)11-14-17-18-15(23-14)12-5-2-1-3-6-12/h1-3,5-6H,4,7-11H2,(H,16,20). The van der Waals surface area contributed by atoms with Gasteiger partial charge in [0.1, 0.15) is 6.42 Å². The summed E-state index contributed by atoms with van der Waals surface area (Å²) in [4.78, 5) is 11.9. The highest BCUT2D eigenvalue weighted by Crippen LogP contribution is 2.17. The molecular formula is C15H18N4O4S. The third kappa shape index (κ3) is 3.98. The van der Waals surface area contributed by atoms with Gasteiger partial charge in [-0.15, -0.1) is 10.2 Å². The number of sulfonamides is 1. The lowest BCUT2D eigenvalue weighted by atomic mass is 10.2. The van der Waals surface area contributed by atoms with E-state index in [1.165, 1.54) is 4.31 Å². The Hall–Kier alpha value is -2.26.